The maximum atomic E-state index is 11.2. The molecule has 2 heterocycles. The summed E-state index contributed by atoms with van der Waals surface area (Å²) in [5.41, 5.74) is 0.824. The summed E-state index contributed by atoms with van der Waals surface area (Å²) in [4.78, 5) is 18.4. The van der Waals surface area contributed by atoms with Crippen LogP contribution in [-0.4, -0.2) is 9.97 Å². The number of benzene rings is 1. The second kappa shape index (κ2) is 2.92. The molecule has 0 saturated carbocycles. The number of aromatic amines is 1. The molecule has 3 nitrogen and oxygen atoms in total. The highest BCUT2D eigenvalue weighted by molar-refractivity contribution is 6.04. The first-order chi connectivity index (χ1) is 7.34. The van der Waals surface area contributed by atoms with Crippen molar-refractivity contribution in [3.05, 3.63) is 53.1 Å². The molecule has 0 spiro atoms. The molecule has 3 rings (SSSR count). The van der Waals surface area contributed by atoms with Gasteiger partial charge >= 0.3 is 0 Å². The summed E-state index contributed by atoms with van der Waals surface area (Å²) in [7, 11) is 0. The van der Waals surface area contributed by atoms with Crippen molar-refractivity contribution in [3.63, 3.8) is 0 Å². The maximum Gasteiger partial charge on any atom is 0.197 e. The molecule has 0 aliphatic rings. The number of pyridine rings is 2. The molecule has 1 aromatic carbocycles. The highest BCUT2D eigenvalue weighted by Gasteiger charge is 2.00. The van der Waals surface area contributed by atoms with E-state index in [1.807, 2.05) is 30.6 Å². The summed E-state index contributed by atoms with van der Waals surface area (Å²) >= 11 is 0. The van der Waals surface area contributed by atoms with Crippen LogP contribution in [-0.2, 0) is 0 Å². The molecule has 0 aliphatic carbocycles. The van der Waals surface area contributed by atoms with Crippen molar-refractivity contribution in [2.75, 3.05) is 0 Å². The van der Waals surface area contributed by atoms with Gasteiger partial charge in [0.25, 0.3) is 0 Å². The van der Waals surface area contributed by atoms with Crippen LogP contribution in [0.15, 0.2) is 47.7 Å². The molecule has 0 radical (unpaired) electrons. The van der Waals surface area contributed by atoms with Gasteiger partial charge in [0.05, 0.1) is 11.7 Å². The summed E-state index contributed by atoms with van der Waals surface area (Å²) < 4.78 is 0. The Kier molecular flexibility index (Phi) is 1.59. The lowest BCUT2D eigenvalue weighted by molar-refractivity contribution is 1.35. The van der Waals surface area contributed by atoms with Crippen molar-refractivity contribution in [3.8, 4) is 0 Å². The number of hydrogen-bond acceptors (Lipinski definition) is 2. The zero-order valence-electron chi connectivity index (χ0n) is 7.90. The predicted octanol–water partition coefficient (Wildman–Crippen LogP) is 2.08. The molecule has 0 amide bonds. The monoisotopic (exact) mass is 196 g/mol. The molecule has 0 atom stereocenters. The summed E-state index contributed by atoms with van der Waals surface area (Å²) in [5.74, 6) is 0. The van der Waals surface area contributed by atoms with Crippen LogP contribution in [0.25, 0.3) is 21.7 Å². The van der Waals surface area contributed by atoms with E-state index >= 15 is 0 Å². The fourth-order valence-corrected chi connectivity index (χ4v) is 1.79. The van der Waals surface area contributed by atoms with Gasteiger partial charge in [-0.15, -0.1) is 0 Å². The van der Waals surface area contributed by atoms with Crippen molar-refractivity contribution in [1.82, 2.24) is 9.97 Å². The van der Waals surface area contributed by atoms with Crippen LogP contribution >= 0.6 is 0 Å². The molecular weight excluding hydrogens is 188 g/mol. The molecule has 0 aliphatic heterocycles. The van der Waals surface area contributed by atoms with E-state index in [2.05, 4.69) is 9.97 Å². The third-order valence-electron chi connectivity index (χ3n) is 2.49. The number of aromatic nitrogens is 2. The van der Waals surface area contributed by atoms with Gasteiger partial charge < -0.3 is 4.98 Å². The van der Waals surface area contributed by atoms with Crippen LogP contribution in [0.4, 0.5) is 0 Å². The van der Waals surface area contributed by atoms with Crippen LogP contribution in [0.1, 0.15) is 0 Å². The van der Waals surface area contributed by atoms with Gasteiger partial charge in [-0.05, 0) is 17.5 Å². The average molecular weight is 196 g/mol. The third kappa shape index (κ3) is 1.21. The normalized spacial score (nSPS) is 10.9. The highest BCUT2D eigenvalue weighted by atomic mass is 16.1. The highest BCUT2D eigenvalue weighted by Crippen LogP contribution is 2.20. The van der Waals surface area contributed by atoms with E-state index in [-0.39, 0.29) is 5.43 Å². The maximum absolute atomic E-state index is 11.2. The lowest BCUT2D eigenvalue weighted by Crippen LogP contribution is -1.97. The zero-order chi connectivity index (χ0) is 10.3. The van der Waals surface area contributed by atoms with E-state index in [0.717, 1.165) is 21.7 Å². The van der Waals surface area contributed by atoms with Crippen LogP contribution in [0.5, 0.6) is 0 Å². The third-order valence-corrected chi connectivity index (χ3v) is 2.49. The van der Waals surface area contributed by atoms with E-state index in [4.69, 9.17) is 0 Å². The molecule has 15 heavy (non-hydrogen) atoms. The average Bonchev–Trinajstić information content (AvgIpc) is 2.28. The van der Waals surface area contributed by atoms with Crippen LogP contribution in [0, 0.1) is 0 Å². The lowest BCUT2D eigenvalue weighted by atomic mass is 10.1. The SMILES string of the molecule is O=c1cnc2c(ccc3c[nH]ccc32)c1. The first kappa shape index (κ1) is 8.17. The van der Waals surface area contributed by atoms with Gasteiger partial charge in [-0.2, -0.15) is 0 Å². The minimum atomic E-state index is -0.0515. The predicted molar refractivity (Wildman–Crippen MR) is 59.9 cm³/mol. The summed E-state index contributed by atoms with van der Waals surface area (Å²) in [6, 6.07) is 7.48. The van der Waals surface area contributed by atoms with E-state index < -0.39 is 0 Å². The molecule has 1 N–H and O–H groups in total. The molecule has 72 valence electrons. The summed E-state index contributed by atoms with van der Waals surface area (Å²) in [5, 5.41) is 3.04. The number of nitrogens with one attached hydrogen (secondary N) is 1. The smallest absolute Gasteiger partial charge is 0.197 e. The van der Waals surface area contributed by atoms with E-state index in [1.165, 1.54) is 6.20 Å². The molecule has 0 saturated heterocycles. The Labute approximate surface area is 85.4 Å². The topological polar surface area (TPSA) is 45.8 Å². The fraction of sp³-hybridized carbons (Fsp3) is 0. The Morgan fingerprint density at radius 2 is 2.00 bits per heavy atom. The van der Waals surface area contributed by atoms with E-state index in [1.54, 1.807) is 6.07 Å². The number of hydrogen-bond donors (Lipinski definition) is 1. The van der Waals surface area contributed by atoms with Gasteiger partial charge in [-0.3, -0.25) is 9.78 Å². The molecule has 0 unspecified atom stereocenters. The van der Waals surface area contributed by atoms with Crippen molar-refractivity contribution in [2.24, 2.45) is 0 Å². The van der Waals surface area contributed by atoms with Crippen LogP contribution in [0.2, 0.25) is 0 Å². The molecule has 3 heteroatoms. The minimum absolute atomic E-state index is 0.0515. The number of nitrogens with zero attached hydrogens (tertiary/aromatic N) is 1. The van der Waals surface area contributed by atoms with Crippen molar-refractivity contribution >= 4 is 21.7 Å². The molecule has 0 fully saturated rings. The van der Waals surface area contributed by atoms with Gasteiger partial charge in [0.15, 0.2) is 5.43 Å². The van der Waals surface area contributed by atoms with Gasteiger partial charge in [-0.25, -0.2) is 0 Å². The van der Waals surface area contributed by atoms with Gasteiger partial charge in [0.2, 0.25) is 0 Å². The van der Waals surface area contributed by atoms with Crippen molar-refractivity contribution in [2.45, 2.75) is 0 Å². The van der Waals surface area contributed by atoms with Crippen molar-refractivity contribution in [1.29, 1.82) is 0 Å². The number of rotatable bonds is 0. The fourth-order valence-electron chi connectivity index (χ4n) is 1.79. The first-order valence-corrected chi connectivity index (χ1v) is 4.70. The largest absolute Gasteiger partial charge is 0.367 e. The lowest BCUT2D eigenvalue weighted by Gasteiger charge is -2.01. The zero-order valence-corrected chi connectivity index (χ0v) is 7.90. The number of H-pyrrole nitrogens is 1. The van der Waals surface area contributed by atoms with Crippen molar-refractivity contribution < 1.29 is 0 Å². The standard InChI is InChI=1S/C12H8N2O/c15-10-5-8-1-2-9-6-13-4-3-11(9)12(8)14-7-10/h1-7,13H. The molecular formula is C12H8N2O. The minimum Gasteiger partial charge on any atom is -0.367 e. The molecule has 3 aromatic rings. The quantitative estimate of drug-likeness (QED) is 0.559. The van der Waals surface area contributed by atoms with Crippen LogP contribution < -0.4 is 5.43 Å². The van der Waals surface area contributed by atoms with Gasteiger partial charge in [-0.1, -0.05) is 12.1 Å². The van der Waals surface area contributed by atoms with E-state index in [9.17, 15) is 4.79 Å². The Bertz CT molecular complexity index is 700. The number of fused-ring (bicyclic) bond motifs is 3. The Hall–Kier alpha value is -2.16. The first-order valence-electron chi connectivity index (χ1n) is 4.70. The van der Waals surface area contributed by atoms with Gasteiger partial charge in [0, 0.05) is 23.2 Å². The second-order valence-corrected chi connectivity index (χ2v) is 3.46. The van der Waals surface area contributed by atoms with Gasteiger partial charge in [0.1, 0.15) is 0 Å². The second-order valence-electron chi connectivity index (χ2n) is 3.46. The Morgan fingerprint density at radius 3 is 2.93 bits per heavy atom. The van der Waals surface area contributed by atoms with E-state index in [0.29, 0.717) is 0 Å². The van der Waals surface area contributed by atoms with Crippen LogP contribution in [0.3, 0.4) is 0 Å². The molecule has 2 aromatic heterocycles. The Balaban J connectivity index is 2.60. The Morgan fingerprint density at radius 1 is 1.13 bits per heavy atom. The summed E-state index contributed by atoms with van der Waals surface area (Å²) in [6.45, 7) is 0. The summed E-state index contributed by atoms with van der Waals surface area (Å²) in [6.07, 6.45) is 5.13. The molecule has 0 bridgehead atoms.